The lowest BCUT2D eigenvalue weighted by Gasteiger charge is -2.24. The van der Waals surface area contributed by atoms with Crippen LogP contribution in [0, 0.1) is 0 Å². The lowest BCUT2D eigenvalue weighted by molar-refractivity contribution is 0.0297. The lowest BCUT2D eigenvalue weighted by Crippen LogP contribution is -2.35. The number of thiophene rings is 1. The summed E-state index contributed by atoms with van der Waals surface area (Å²) >= 11 is 7.47. The molecular weight excluding hydrogens is 308 g/mol. The van der Waals surface area contributed by atoms with Crippen LogP contribution in [0.15, 0.2) is 11.4 Å². The van der Waals surface area contributed by atoms with Crippen LogP contribution in [0.4, 0.5) is 4.79 Å². The molecule has 1 aromatic rings. The van der Waals surface area contributed by atoms with Gasteiger partial charge in [0.15, 0.2) is 0 Å². The van der Waals surface area contributed by atoms with Crippen LogP contribution in [0.5, 0.6) is 0 Å². The van der Waals surface area contributed by atoms with Gasteiger partial charge < -0.3 is 15.0 Å². The maximum atomic E-state index is 11.8. The van der Waals surface area contributed by atoms with E-state index < -0.39 is 5.60 Å². The van der Waals surface area contributed by atoms with E-state index in [9.17, 15) is 4.79 Å². The summed E-state index contributed by atoms with van der Waals surface area (Å²) in [6.07, 6.45) is 0.595. The fourth-order valence-corrected chi connectivity index (χ4v) is 2.72. The number of carbonyl (C=O) groups is 1. The minimum atomic E-state index is -0.448. The number of hydrogen-bond donors (Lipinski definition) is 1. The van der Waals surface area contributed by atoms with Crippen LogP contribution in [-0.2, 0) is 4.74 Å². The van der Waals surface area contributed by atoms with Crippen molar-refractivity contribution in [2.24, 2.45) is 0 Å². The summed E-state index contributed by atoms with van der Waals surface area (Å²) in [6.45, 7) is 9.21. The van der Waals surface area contributed by atoms with Crippen molar-refractivity contribution >= 4 is 29.0 Å². The zero-order valence-electron chi connectivity index (χ0n) is 13.4. The lowest BCUT2D eigenvalue weighted by atomic mass is 10.2. The Balaban J connectivity index is 2.23. The average molecular weight is 333 g/mol. The first kappa shape index (κ1) is 18.3. The predicted octanol–water partition coefficient (Wildman–Crippen LogP) is 4.31. The third-order valence-corrected chi connectivity index (χ3v) is 4.02. The third kappa shape index (κ3) is 7.16. The van der Waals surface area contributed by atoms with Gasteiger partial charge in [-0.05, 0) is 57.7 Å². The number of halogens is 1. The Bertz CT molecular complexity index is 457. The van der Waals surface area contributed by atoms with Crippen molar-refractivity contribution in [3.8, 4) is 0 Å². The van der Waals surface area contributed by atoms with Gasteiger partial charge in [-0.25, -0.2) is 4.79 Å². The highest BCUT2D eigenvalue weighted by Gasteiger charge is 2.19. The standard InChI is InChI=1S/C15H25ClN2O2S/c1-11(12-9-13(16)21-10-12)17-7-6-8-18(5)14(19)20-15(2,3)4/h9-11,17H,6-8H2,1-5H3. The van der Waals surface area contributed by atoms with Gasteiger partial charge >= 0.3 is 6.09 Å². The van der Waals surface area contributed by atoms with E-state index >= 15 is 0 Å². The molecule has 6 heteroatoms. The Kier molecular flexibility index (Phi) is 6.97. The van der Waals surface area contributed by atoms with Crippen molar-refractivity contribution < 1.29 is 9.53 Å². The van der Waals surface area contributed by atoms with Crippen molar-refractivity contribution in [1.82, 2.24) is 10.2 Å². The number of amides is 1. The highest BCUT2D eigenvalue weighted by molar-refractivity contribution is 7.14. The smallest absolute Gasteiger partial charge is 0.410 e. The molecule has 4 nitrogen and oxygen atoms in total. The second-order valence-corrected chi connectivity index (χ2v) is 7.66. The molecule has 1 aromatic heterocycles. The van der Waals surface area contributed by atoms with Crippen molar-refractivity contribution in [3.63, 3.8) is 0 Å². The molecule has 0 bridgehead atoms. The molecule has 0 aromatic carbocycles. The summed E-state index contributed by atoms with van der Waals surface area (Å²) in [7, 11) is 1.76. The van der Waals surface area contributed by atoms with Crippen molar-refractivity contribution in [3.05, 3.63) is 21.3 Å². The van der Waals surface area contributed by atoms with Crippen LogP contribution in [0.2, 0.25) is 4.34 Å². The minimum Gasteiger partial charge on any atom is -0.444 e. The zero-order chi connectivity index (χ0) is 16.0. The molecule has 0 radical (unpaired) electrons. The highest BCUT2D eigenvalue weighted by atomic mass is 35.5. The first-order chi connectivity index (χ1) is 9.69. The van der Waals surface area contributed by atoms with Crippen molar-refractivity contribution in [2.45, 2.75) is 45.8 Å². The summed E-state index contributed by atoms with van der Waals surface area (Å²) in [4.78, 5) is 13.4. The minimum absolute atomic E-state index is 0.264. The highest BCUT2D eigenvalue weighted by Crippen LogP contribution is 2.24. The van der Waals surface area contributed by atoms with Gasteiger partial charge in [0.1, 0.15) is 5.60 Å². The number of hydrogen-bond acceptors (Lipinski definition) is 4. The normalized spacial score (nSPS) is 13.0. The number of rotatable bonds is 6. The van der Waals surface area contributed by atoms with E-state index in [2.05, 4.69) is 17.6 Å². The monoisotopic (exact) mass is 332 g/mol. The molecule has 1 N–H and O–H groups in total. The molecule has 1 atom stereocenters. The maximum absolute atomic E-state index is 11.8. The maximum Gasteiger partial charge on any atom is 0.410 e. The predicted molar refractivity (Wildman–Crippen MR) is 89.2 cm³/mol. The molecule has 0 aliphatic rings. The number of nitrogens with zero attached hydrogens (tertiary/aromatic N) is 1. The molecule has 1 heterocycles. The third-order valence-electron chi connectivity index (χ3n) is 2.91. The van der Waals surface area contributed by atoms with E-state index in [0.717, 1.165) is 17.3 Å². The zero-order valence-corrected chi connectivity index (χ0v) is 15.0. The van der Waals surface area contributed by atoms with E-state index in [1.807, 2.05) is 26.8 Å². The molecule has 0 aliphatic carbocycles. The van der Waals surface area contributed by atoms with E-state index in [0.29, 0.717) is 6.54 Å². The molecule has 1 rings (SSSR count). The van der Waals surface area contributed by atoms with E-state index in [1.165, 1.54) is 5.56 Å². The molecular formula is C15H25ClN2O2S. The largest absolute Gasteiger partial charge is 0.444 e. The second-order valence-electron chi connectivity index (χ2n) is 6.12. The fourth-order valence-electron chi connectivity index (χ4n) is 1.73. The molecule has 21 heavy (non-hydrogen) atoms. The van der Waals surface area contributed by atoms with Crippen LogP contribution in [0.3, 0.4) is 0 Å². The summed E-state index contributed by atoms with van der Waals surface area (Å²) in [5.41, 5.74) is 0.751. The van der Waals surface area contributed by atoms with Gasteiger partial charge in [0, 0.05) is 19.6 Å². The molecule has 0 saturated heterocycles. The van der Waals surface area contributed by atoms with Crippen LogP contribution >= 0.6 is 22.9 Å². The molecule has 120 valence electrons. The molecule has 0 aliphatic heterocycles. The molecule has 0 fully saturated rings. The summed E-state index contributed by atoms with van der Waals surface area (Å²) in [5.74, 6) is 0. The number of ether oxygens (including phenoxy) is 1. The van der Waals surface area contributed by atoms with Crippen LogP contribution in [0.1, 0.15) is 45.7 Å². The summed E-state index contributed by atoms with van der Waals surface area (Å²) < 4.78 is 6.11. The quantitative estimate of drug-likeness (QED) is 0.789. The van der Waals surface area contributed by atoms with Gasteiger partial charge in [-0.2, -0.15) is 0 Å². The van der Waals surface area contributed by atoms with Gasteiger partial charge in [0.25, 0.3) is 0 Å². The van der Waals surface area contributed by atoms with E-state index in [-0.39, 0.29) is 12.1 Å². The van der Waals surface area contributed by atoms with Crippen LogP contribution < -0.4 is 5.32 Å². The molecule has 1 amide bonds. The first-order valence-electron chi connectivity index (χ1n) is 7.10. The Morgan fingerprint density at radius 2 is 2.19 bits per heavy atom. The Labute approximate surface area is 136 Å². The van der Waals surface area contributed by atoms with Gasteiger partial charge in [-0.1, -0.05) is 11.6 Å². The average Bonchev–Trinajstić information content (AvgIpc) is 2.78. The fraction of sp³-hybridized carbons (Fsp3) is 0.667. The van der Waals surface area contributed by atoms with Crippen LogP contribution in [-0.4, -0.2) is 36.7 Å². The molecule has 1 unspecified atom stereocenters. The Morgan fingerprint density at radius 3 is 2.71 bits per heavy atom. The molecule has 0 spiro atoms. The van der Waals surface area contributed by atoms with Crippen molar-refractivity contribution in [2.75, 3.05) is 20.1 Å². The first-order valence-corrected chi connectivity index (χ1v) is 8.36. The van der Waals surface area contributed by atoms with Gasteiger partial charge in [-0.3, -0.25) is 0 Å². The topological polar surface area (TPSA) is 41.6 Å². The Morgan fingerprint density at radius 1 is 1.52 bits per heavy atom. The van der Waals surface area contributed by atoms with E-state index in [4.69, 9.17) is 16.3 Å². The van der Waals surface area contributed by atoms with Gasteiger partial charge in [-0.15, -0.1) is 11.3 Å². The van der Waals surface area contributed by atoms with Crippen molar-refractivity contribution in [1.29, 1.82) is 0 Å². The Hall–Kier alpha value is -0.780. The van der Waals surface area contributed by atoms with Gasteiger partial charge in [0.05, 0.1) is 4.34 Å². The van der Waals surface area contributed by atoms with E-state index in [1.54, 1.807) is 23.3 Å². The number of carbonyl (C=O) groups excluding carboxylic acids is 1. The van der Waals surface area contributed by atoms with Gasteiger partial charge in [0.2, 0.25) is 0 Å². The second kappa shape index (κ2) is 8.01. The number of nitrogens with one attached hydrogen (secondary N) is 1. The molecule has 0 saturated carbocycles. The SMILES string of the molecule is CC(NCCCN(C)C(=O)OC(C)(C)C)c1csc(Cl)c1. The van der Waals surface area contributed by atoms with Crippen LogP contribution in [0.25, 0.3) is 0 Å². The summed E-state index contributed by atoms with van der Waals surface area (Å²) in [5, 5.41) is 5.49. The summed E-state index contributed by atoms with van der Waals surface area (Å²) in [6, 6.07) is 2.25.